The lowest BCUT2D eigenvalue weighted by Crippen LogP contribution is -2.47. The van der Waals surface area contributed by atoms with Gasteiger partial charge >= 0.3 is 12.0 Å². The van der Waals surface area contributed by atoms with Gasteiger partial charge in [0.25, 0.3) is 0 Å². The van der Waals surface area contributed by atoms with Crippen LogP contribution >= 0.6 is 11.8 Å². The lowest BCUT2D eigenvalue weighted by atomic mass is 10.1. The number of aliphatic carboxylic acids is 1. The standard InChI is InChI=1S/C12H23N3O3S/c1-15-5-3-9(8-15)7-13-12(18)14-10(11(16)17)4-6-19-2/h9-10H,3-8H2,1-2H3,(H,16,17)(H2,13,14,18). The van der Waals surface area contributed by atoms with Gasteiger partial charge in [-0.3, -0.25) is 0 Å². The zero-order valence-corrected chi connectivity index (χ0v) is 12.3. The summed E-state index contributed by atoms with van der Waals surface area (Å²) in [6.45, 7) is 2.64. The molecule has 2 amide bonds. The average Bonchev–Trinajstić information content (AvgIpc) is 2.77. The van der Waals surface area contributed by atoms with Gasteiger partial charge in [-0.2, -0.15) is 11.8 Å². The van der Waals surface area contributed by atoms with Crippen LogP contribution in [-0.4, -0.2) is 66.7 Å². The molecule has 2 atom stereocenters. The van der Waals surface area contributed by atoms with Crippen molar-refractivity contribution in [3.05, 3.63) is 0 Å². The number of amides is 2. The predicted molar refractivity (Wildman–Crippen MR) is 76.6 cm³/mol. The van der Waals surface area contributed by atoms with Gasteiger partial charge in [0.05, 0.1) is 0 Å². The molecule has 7 heteroatoms. The first kappa shape index (κ1) is 16.1. The summed E-state index contributed by atoms with van der Waals surface area (Å²) in [7, 11) is 2.06. The minimum absolute atomic E-state index is 0.386. The van der Waals surface area contributed by atoms with Crippen molar-refractivity contribution in [3.8, 4) is 0 Å². The topological polar surface area (TPSA) is 81.7 Å². The number of urea groups is 1. The molecule has 110 valence electrons. The van der Waals surface area contributed by atoms with E-state index in [2.05, 4.69) is 22.6 Å². The highest BCUT2D eigenvalue weighted by atomic mass is 32.2. The van der Waals surface area contributed by atoms with Gasteiger partial charge in [-0.1, -0.05) is 0 Å². The summed E-state index contributed by atoms with van der Waals surface area (Å²) in [6.07, 6.45) is 3.43. The Morgan fingerprint density at radius 1 is 1.53 bits per heavy atom. The highest BCUT2D eigenvalue weighted by Gasteiger charge is 2.22. The molecule has 1 saturated heterocycles. The summed E-state index contributed by atoms with van der Waals surface area (Å²) in [5.41, 5.74) is 0. The van der Waals surface area contributed by atoms with E-state index >= 15 is 0 Å². The summed E-state index contributed by atoms with van der Waals surface area (Å²) >= 11 is 1.57. The number of carboxylic acids is 1. The van der Waals surface area contributed by atoms with E-state index in [0.29, 0.717) is 24.6 Å². The van der Waals surface area contributed by atoms with Gasteiger partial charge in [0.2, 0.25) is 0 Å². The number of nitrogens with one attached hydrogen (secondary N) is 2. The van der Waals surface area contributed by atoms with Crippen molar-refractivity contribution in [3.63, 3.8) is 0 Å². The maximum atomic E-state index is 11.7. The first-order valence-electron chi connectivity index (χ1n) is 6.47. The van der Waals surface area contributed by atoms with Crippen molar-refractivity contribution in [2.24, 2.45) is 5.92 Å². The molecule has 0 spiro atoms. The first-order valence-corrected chi connectivity index (χ1v) is 7.87. The minimum atomic E-state index is -0.982. The van der Waals surface area contributed by atoms with E-state index in [-0.39, 0.29) is 6.03 Å². The molecule has 3 N–H and O–H groups in total. The van der Waals surface area contributed by atoms with Crippen LogP contribution in [0.25, 0.3) is 0 Å². The number of thioether (sulfide) groups is 1. The normalized spacial score (nSPS) is 21.1. The summed E-state index contributed by atoms with van der Waals surface area (Å²) in [4.78, 5) is 24.9. The van der Waals surface area contributed by atoms with E-state index < -0.39 is 12.0 Å². The SMILES string of the molecule is CSCCC(NC(=O)NCC1CCN(C)C1)C(=O)O. The Labute approximate surface area is 118 Å². The van der Waals surface area contributed by atoms with Gasteiger partial charge in [-0.15, -0.1) is 0 Å². The van der Waals surface area contributed by atoms with Crippen molar-refractivity contribution >= 4 is 23.8 Å². The average molecular weight is 289 g/mol. The molecular weight excluding hydrogens is 266 g/mol. The number of nitrogens with zero attached hydrogens (tertiary/aromatic N) is 1. The van der Waals surface area contributed by atoms with Crippen molar-refractivity contribution in [2.45, 2.75) is 18.9 Å². The fraction of sp³-hybridized carbons (Fsp3) is 0.833. The van der Waals surface area contributed by atoms with Crippen LogP contribution in [0.2, 0.25) is 0 Å². The zero-order chi connectivity index (χ0) is 14.3. The Morgan fingerprint density at radius 2 is 2.26 bits per heavy atom. The zero-order valence-electron chi connectivity index (χ0n) is 11.5. The van der Waals surface area contributed by atoms with Crippen LogP contribution in [0.1, 0.15) is 12.8 Å². The molecule has 0 aromatic carbocycles. The minimum Gasteiger partial charge on any atom is -0.480 e. The molecule has 0 aromatic rings. The third kappa shape index (κ3) is 6.15. The van der Waals surface area contributed by atoms with E-state index in [1.165, 1.54) is 0 Å². The molecule has 0 aliphatic carbocycles. The molecule has 1 fully saturated rings. The number of likely N-dealkylation sites (tertiary alicyclic amines) is 1. The lowest BCUT2D eigenvalue weighted by molar-refractivity contribution is -0.139. The fourth-order valence-electron chi connectivity index (χ4n) is 2.13. The number of carbonyl (C=O) groups is 2. The van der Waals surface area contributed by atoms with Gasteiger partial charge in [-0.05, 0) is 44.4 Å². The smallest absolute Gasteiger partial charge is 0.326 e. The van der Waals surface area contributed by atoms with E-state index in [1.807, 2.05) is 6.26 Å². The Bertz CT molecular complexity index is 315. The third-order valence-corrected chi connectivity index (χ3v) is 3.90. The summed E-state index contributed by atoms with van der Waals surface area (Å²) in [5.74, 6) is 0.194. The number of carbonyl (C=O) groups excluding carboxylic acids is 1. The molecule has 19 heavy (non-hydrogen) atoms. The first-order chi connectivity index (χ1) is 9.02. The number of rotatable bonds is 7. The highest BCUT2D eigenvalue weighted by Crippen LogP contribution is 2.12. The van der Waals surface area contributed by atoms with Crippen LogP contribution in [0.15, 0.2) is 0 Å². The van der Waals surface area contributed by atoms with E-state index in [9.17, 15) is 9.59 Å². The molecule has 1 aliphatic heterocycles. The number of carboxylic acid groups (broad SMARTS) is 1. The van der Waals surface area contributed by atoms with E-state index in [4.69, 9.17) is 5.11 Å². The second kappa shape index (κ2) is 8.27. The van der Waals surface area contributed by atoms with Crippen LogP contribution in [0, 0.1) is 5.92 Å². The second-order valence-corrected chi connectivity index (χ2v) is 5.93. The summed E-state index contributed by atoms with van der Waals surface area (Å²) < 4.78 is 0. The second-order valence-electron chi connectivity index (χ2n) is 4.94. The number of hydrogen-bond acceptors (Lipinski definition) is 4. The summed E-state index contributed by atoms with van der Waals surface area (Å²) in [6, 6.07) is -1.19. The Balaban J connectivity index is 2.26. The Morgan fingerprint density at radius 3 is 2.79 bits per heavy atom. The van der Waals surface area contributed by atoms with Crippen LogP contribution in [-0.2, 0) is 4.79 Å². The molecule has 0 radical (unpaired) electrons. The predicted octanol–water partition coefficient (Wildman–Crippen LogP) is 0.444. The van der Waals surface area contributed by atoms with E-state index in [1.54, 1.807) is 11.8 Å². The van der Waals surface area contributed by atoms with Crippen LogP contribution < -0.4 is 10.6 Å². The molecule has 0 aromatic heterocycles. The van der Waals surface area contributed by atoms with Gasteiger partial charge < -0.3 is 20.6 Å². The van der Waals surface area contributed by atoms with Gasteiger partial charge in [0.15, 0.2) is 0 Å². The molecule has 0 bridgehead atoms. The molecule has 1 aliphatic rings. The molecular formula is C12H23N3O3S. The largest absolute Gasteiger partial charge is 0.480 e. The molecule has 0 saturated carbocycles. The van der Waals surface area contributed by atoms with Gasteiger partial charge in [0.1, 0.15) is 6.04 Å². The molecule has 2 unspecified atom stereocenters. The van der Waals surface area contributed by atoms with Crippen molar-refractivity contribution in [1.82, 2.24) is 15.5 Å². The van der Waals surface area contributed by atoms with Crippen molar-refractivity contribution in [1.29, 1.82) is 0 Å². The third-order valence-electron chi connectivity index (χ3n) is 3.25. The van der Waals surface area contributed by atoms with Crippen LogP contribution in [0.3, 0.4) is 0 Å². The van der Waals surface area contributed by atoms with Gasteiger partial charge in [0, 0.05) is 13.1 Å². The van der Waals surface area contributed by atoms with E-state index in [0.717, 1.165) is 19.5 Å². The molecule has 6 nitrogen and oxygen atoms in total. The Hall–Kier alpha value is -0.950. The maximum Gasteiger partial charge on any atom is 0.326 e. The molecule has 1 rings (SSSR count). The monoisotopic (exact) mass is 289 g/mol. The summed E-state index contributed by atoms with van der Waals surface area (Å²) in [5, 5.41) is 14.3. The van der Waals surface area contributed by atoms with Crippen molar-refractivity contribution < 1.29 is 14.7 Å². The maximum absolute atomic E-state index is 11.7. The quantitative estimate of drug-likeness (QED) is 0.634. The lowest BCUT2D eigenvalue weighted by Gasteiger charge is -2.16. The fourth-order valence-corrected chi connectivity index (χ4v) is 2.60. The highest BCUT2D eigenvalue weighted by molar-refractivity contribution is 7.98. The number of hydrogen-bond donors (Lipinski definition) is 3. The van der Waals surface area contributed by atoms with Crippen molar-refractivity contribution in [2.75, 3.05) is 38.7 Å². The Kier molecular flexibility index (Phi) is 7.01. The van der Waals surface area contributed by atoms with Gasteiger partial charge in [-0.25, -0.2) is 9.59 Å². The van der Waals surface area contributed by atoms with Crippen LogP contribution in [0.5, 0.6) is 0 Å². The molecule has 1 heterocycles. The van der Waals surface area contributed by atoms with Crippen LogP contribution in [0.4, 0.5) is 4.79 Å².